The topological polar surface area (TPSA) is 105 Å². The van der Waals surface area contributed by atoms with Crippen LogP contribution < -0.4 is 20.9 Å². The van der Waals surface area contributed by atoms with Crippen LogP contribution in [0.2, 0.25) is 0 Å². The van der Waals surface area contributed by atoms with Crippen LogP contribution in [-0.4, -0.2) is 11.6 Å². The summed E-state index contributed by atoms with van der Waals surface area (Å²) in [6, 6.07) is 51.4. The van der Waals surface area contributed by atoms with Crippen LogP contribution in [0.5, 0.6) is 23.0 Å². The van der Waals surface area contributed by atoms with E-state index in [9.17, 15) is 9.59 Å². The zero-order valence-electron chi connectivity index (χ0n) is 27.0. The molecule has 7 rings (SSSR count). The number of carbonyl (C=O) groups is 2. The van der Waals surface area contributed by atoms with Crippen molar-refractivity contribution in [2.75, 3.05) is 11.5 Å². The molecule has 242 valence electrons. The Balaban J connectivity index is 1.20. The van der Waals surface area contributed by atoms with Crippen molar-refractivity contribution in [3.8, 4) is 45.3 Å². The minimum Gasteiger partial charge on any atom is -0.454 e. The van der Waals surface area contributed by atoms with Gasteiger partial charge in [0.05, 0.1) is 22.5 Å². The highest BCUT2D eigenvalue weighted by Gasteiger charge is 2.24. The molecule has 0 aliphatic rings. The molecular weight excluding hydrogens is 620 g/mol. The lowest BCUT2D eigenvalue weighted by atomic mass is 9.92. The van der Waals surface area contributed by atoms with Gasteiger partial charge in [0.25, 0.3) is 0 Å². The Kier molecular flexibility index (Phi) is 8.90. The highest BCUT2D eigenvalue weighted by atomic mass is 16.5. The van der Waals surface area contributed by atoms with Crippen molar-refractivity contribution in [2.45, 2.75) is 0 Å². The zero-order valence-corrected chi connectivity index (χ0v) is 27.0. The number of ether oxygens (including phenoxy) is 2. The zero-order chi connectivity index (χ0) is 34.5. The van der Waals surface area contributed by atoms with Crippen molar-refractivity contribution in [2.24, 2.45) is 0 Å². The van der Waals surface area contributed by atoms with Gasteiger partial charge in [-0.25, -0.2) is 0 Å². The number of nitrogen functional groups attached to an aromatic ring is 2. The molecule has 0 bridgehead atoms. The van der Waals surface area contributed by atoms with Crippen molar-refractivity contribution in [1.29, 1.82) is 0 Å². The smallest absolute Gasteiger partial charge is 0.197 e. The van der Waals surface area contributed by atoms with Gasteiger partial charge in [-0.05, 0) is 70.8 Å². The summed E-state index contributed by atoms with van der Waals surface area (Å²) in [7, 11) is 0. The third-order valence-electron chi connectivity index (χ3n) is 8.36. The molecule has 6 heteroatoms. The molecule has 0 fully saturated rings. The summed E-state index contributed by atoms with van der Waals surface area (Å²) in [6.07, 6.45) is 0. The third-order valence-corrected chi connectivity index (χ3v) is 8.36. The summed E-state index contributed by atoms with van der Waals surface area (Å²) in [5.41, 5.74) is 18.4. The first-order valence-corrected chi connectivity index (χ1v) is 16.1. The highest BCUT2D eigenvalue weighted by molar-refractivity contribution is 6.21. The van der Waals surface area contributed by atoms with E-state index in [1.807, 2.05) is 84.9 Å². The number of benzene rings is 7. The van der Waals surface area contributed by atoms with E-state index < -0.39 is 0 Å². The maximum atomic E-state index is 14.3. The lowest BCUT2D eigenvalue weighted by Crippen LogP contribution is -2.12. The molecular formula is C44H32N2O4. The maximum absolute atomic E-state index is 14.3. The van der Waals surface area contributed by atoms with Gasteiger partial charge in [-0.1, -0.05) is 121 Å². The molecule has 7 aromatic rings. The van der Waals surface area contributed by atoms with E-state index in [1.54, 1.807) is 84.9 Å². The van der Waals surface area contributed by atoms with Gasteiger partial charge >= 0.3 is 0 Å². The molecule has 0 saturated carbocycles. The molecule has 4 N–H and O–H groups in total. The Morgan fingerprint density at radius 2 is 0.680 bits per heavy atom. The monoisotopic (exact) mass is 652 g/mol. The summed E-state index contributed by atoms with van der Waals surface area (Å²) in [5.74, 6) is 0.708. The molecule has 0 spiro atoms. The van der Waals surface area contributed by atoms with Gasteiger partial charge in [-0.3, -0.25) is 9.59 Å². The number of anilines is 2. The number of hydrogen-bond acceptors (Lipinski definition) is 6. The van der Waals surface area contributed by atoms with Crippen molar-refractivity contribution in [1.82, 2.24) is 0 Å². The lowest BCUT2D eigenvalue weighted by molar-refractivity contribution is 0.100. The number of carbonyl (C=O) groups excluding carboxylic acids is 2. The fourth-order valence-corrected chi connectivity index (χ4v) is 5.76. The Hall–Kier alpha value is -6.92. The minimum absolute atomic E-state index is 0.222. The molecule has 0 aliphatic heterocycles. The summed E-state index contributed by atoms with van der Waals surface area (Å²) in [5, 5.41) is 0. The van der Waals surface area contributed by atoms with Gasteiger partial charge in [-0.2, -0.15) is 0 Å². The predicted molar refractivity (Wildman–Crippen MR) is 199 cm³/mol. The summed E-state index contributed by atoms with van der Waals surface area (Å²) >= 11 is 0. The van der Waals surface area contributed by atoms with E-state index in [0.29, 0.717) is 34.4 Å². The van der Waals surface area contributed by atoms with Crippen molar-refractivity contribution < 1.29 is 19.1 Å². The molecule has 7 aromatic carbocycles. The SMILES string of the molecule is Nc1ccc(-c2ccccc2)cc1Oc1ccccc1C(=O)c1ccccc1C(=O)c1ccccc1Oc1cc(-c2ccccc2)ccc1N. The number of ketones is 2. The summed E-state index contributed by atoms with van der Waals surface area (Å²) in [4.78, 5) is 28.5. The quantitative estimate of drug-likeness (QED) is 0.113. The average molecular weight is 653 g/mol. The van der Waals surface area contributed by atoms with Gasteiger partial charge in [0.15, 0.2) is 23.1 Å². The second-order valence-electron chi connectivity index (χ2n) is 11.6. The van der Waals surface area contributed by atoms with Crippen LogP contribution in [0, 0.1) is 0 Å². The first-order valence-electron chi connectivity index (χ1n) is 16.1. The highest BCUT2D eigenvalue weighted by Crippen LogP contribution is 2.37. The number of nitrogens with two attached hydrogens (primary N) is 2. The third kappa shape index (κ3) is 6.59. The van der Waals surface area contributed by atoms with Gasteiger partial charge in [0.1, 0.15) is 11.5 Å². The van der Waals surface area contributed by atoms with Crippen LogP contribution in [0.3, 0.4) is 0 Å². The van der Waals surface area contributed by atoms with Gasteiger partial charge in [0, 0.05) is 11.1 Å². The Labute approximate surface area is 290 Å². The standard InChI is InChI=1S/C44H32N2O4/c45-37-25-23-31(29-13-3-1-4-14-29)27-41(37)49-39-21-11-9-19-35(39)43(47)33-17-7-8-18-34(33)44(48)36-20-10-12-22-40(36)50-42-28-32(24-26-38(42)46)30-15-5-2-6-16-30/h1-28H,45-46H2. The number of para-hydroxylation sites is 2. The molecule has 0 aliphatic carbocycles. The van der Waals surface area contributed by atoms with Crippen molar-refractivity contribution in [3.63, 3.8) is 0 Å². The van der Waals surface area contributed by atoms with E-state index in [4.69, 9.17) is 20.9 Å². The predicted octanol–water partition coefficient (Wildman–Crippen LogP) is 10.2. The van der Waals surface area contributed by atoms with Crippen molar-refractivity contribution in [3.05, 3.63) is 192 Å². The number of hydrogen-bond donors (Lipinski definition) is 2. The van der Waals surface area contributed by atoms with Crippen LogP contribution in [-0.2, 0) is 0 Å². The second-order valence-corrected chi connectivity index (χ2v) is 11.6. The fourth-order valence-electron chi connectivity index (χ4n) is 5.76. The number of rotatable bonds is 10. The Bertz CT molecular complexity index is 2170. The van der Waals surface area contributed by atoms with E-state index in [2.05, 4.69) is 0 Å². The normalized spacial score (nSPS) is 10.7. The van der Waals surface area contributed by atoms with Crippen LogP contribution in [0.4, 0.5) is 11.4 Å². The Morgan fingerprint density at radius 1 is 0.340 bits per heavy atom. The van der Waals surface area contributed by atoms with Crippen LogP contribution >= 0.6 is 0 Å². The molecule has 0 atom stereocenters. The summed E-state index contributed by atoms with van der Waals surface area (Å²) < 4.78 is 12.6. The molecule has 0 aromatic heterocycles. The van der Waals surface area contributed by atoms with Crippen LogP contribution in [0.25, 0.3) is 22.3 Å². The summed E-state index contributed by atoms with van der Waals surface area (Å²) in [6.45, 7) is 0. The molecule has 6 nitrogen and oxygen atoms in total. The maximum Gasteiger partial charge on any atom is 0.197 e. The van der Waals surface area contributed by atoms with Crippen LogP contribution in [0.15, 0.2) is 170 Å². The Morgan fingerprint density at radius 3 is 1.08 bits per heavy atom. The first kappa shape index (κ1) is 31.7. The second kappa shape index (κ2) is 14.1. The molecule has 0 saturated heterocycles. The van der Waals surface area contributed by atoms with E-state index in [0.717, 1.165) is 22.3 Å². The van der Waals surface area contributed by atoms with E-state index >= 15 is 0 Å². The van der Waals surface area contributed by atoms with Gasteiger partial charge in [-0.15, -0.1) is 0 Å². The van der Waals surface area contributed by atoms with Crippen molar-refractivity contribution >= 4 is 22.9 Å². The molecule has 0 radical (unpaired) electrons. The van der Waals surface area contributed by atoms with Gasteiger partial charge in [0.2, 0.25) is 0 Å². The largest absolute Gasteiger partial charge is 0.454 e. The average Bonchev–Trinajstić information content (AvgIpc) is 3.17. The minimum atomic E-state index is -0.374. The molecule has 50 heavy (non-hydrogen) atoms. The fraction of sp³-hybridized carbons (Fsp3) is 0. The van der Waals surface area contributed by atoms with E-state index in [-0.39, 0.29) is 33.8 Å². The van der Waals surface area contributed by atoms with Crippen LogP contribution in [0.1, 0.15) is 31.8 Å². The lowest BCUT2D eigenvalue weighted by Gasteiger charge is -2.16. The molecule has 0 amide bonds. The van der Waals surface area contributed by atoms with E-state index in [1.165, 1.54) is 0 Å². The first-order chi connectivity index (χ1) is 24.5. The van der Waals surface area contributed by atoms with Gasteiger partial charge < -0.3 is 20.9 Å². The molecule has 0 heterocycles. The molecule has 0 unspecified atom stereocenters.